The Morgan fingerprint density at radius 2 is 0.644 bits per heavy atom. The second-order valence-electron chi connectivity index (χ2n) is 11.3. The predicted molar refractivity (Wildman–Crippen MR) is 172 cm³/mol. The van der Waals surface area contributed by atoms with Crippen LogP contribution in [0.25, 0.3) is 44.5 Å². The topological polar surface area (TPSA) is 83.8 Å². The molecule has 2 aliphatic heterocycles. The Labute approximate surface area is 259 Å². The summed E-state index contributed by atoms with van der Waals surface area (Å²) in [5.41, 5.74) is 4.76. The molecule has 0 unspecified atom stereocenters. The number of rotatable bonds is 4. The molecule has 6 aromatic rings. The summed E-state index contributed by atoms with van der Waals surface area (Å²) in [5.74, 6) is -6.87. The third-order valence-corrected chi connectivity index (χ3v) is 8.79. The van der Waals surface area contributed by atoms with Gasteiger partial charge in [0.15, 0.2) is 0 Å². The molecule has 216 valence electrons. The van der Waals surface area contributed by atoms with Crippen molar-refractivity contribution in [2.24, 2.45) is 0 Å². The summed E-state index contributed by atoms with van der Waals surface area (Å²) >= 11 is 0. The van der Waals surface area contributed by atoms with Gasteiger partial charge in [-0.3, -0.25) is 14.3 Å². The molecule has 2 atom stereocenters. The van der Waals surface area contributed by atoms with Crippen LogP contribution in [0.1, 0.15) is 31.8 Å². The van der Waals surface area contributed by atoms with Crippen LogP contribution in [0.3, 0.4) is 0 Å². The number of carbonyl (C=O) groups excluding carboxylic acids is 2. The molecular formula is C40H26O5. The minimum atomic E-state index is -2.68. The average Bonchev–Trinajstić information content (AvgIpc) is 3.10. The molecule has 0 saturated heterocycles. The van der Waals surface area contributed by atoms with Gasteiger partial charge >= 0.3 is 0 Å². The van der Waals surface area contributed by atoms with Gasteiger partial charge in [0.25, 0.3) is 11.6 Å². The fraction of sp³-hybridized carbons (Fsp3) is 0.0500. The number of benzene rings is 6. The highest BCUT2D eigenvalue weighted by Crippen LogP contribution is 2.56. The van der Waals surface area contributed by atoms with Crippen LogP contribution in [0, 0.1) is 0 Å². The fourth-order valence-corrected chi connectivity index (χ4v) is 6.79. The standard InChI is InChI=1S/C40H26O5/c41-37-33-29(25-13-5-1-6-14-25)21-23-31(27-17-9-3-10-18-27)35(33)39(43)38(42)34-30(26-15-7-2-8-16-26)22-24-32(28-19-11-4-12-20-28)36(34)40(37,44)45-39/h1-24,43-44H/t39-,40-/m0/s1. The number of carbonyl (C=O) groups is 2. The van der Waals surface area contributed by atoms with Gasteiger partial charge in [0.2, 0.25) is 11.6 Å². The Morgan fingerprint density at radius 1 is 0.378 bits per heavy atom. The van der Waals surface area contributed by atoms with Crippen LogP contribution in [-0.2, 0) is 16.3 Å². The van der Waals surface area contributed by atoms with Crippen molar-refractivity contribution in [1.82, 2.24) is 0 Å². The van der Waals surface area contributed by atoms with Gasteiger partial charge < -0.3 is 10.2 Å². The molecular weight excluding hydrogens is 560 g/mol. The second-order valence-corrected chi connectivity index (χ2v) is 11.3. The monoisotopic (exact) mass is 586 g/mol. The van der Waals surface area contributed by atoms with E-state index < -0.39 is 23.1 Å². The largest absolute Gasteiger partial charge is 0.355 e. The SMILES string of the molecule is O=C1c2c(-c3ccccc3)ccc(-c3ccccc3)c2[C@]2(O)O[C@@]1(O)c1c(-c3ccccc3)ccc(-c3ccccc3)c1C2=O. The summed E-state index contributed by atoms with van der Waals surface area (Å²) in [6.07, 6.45) is 0. The summed E-state index contributed by atoms with van der Waals surface area (Å²) in [4.78, 5) is 29.9. The van der Waals surface area contributed by atoms with E-state index in [0.29, 0.717) is 44.5 Å². The van der Waals surface area contributed by atoms with Crippen molar-refractivity contribution >= 4 is 11.6 Å². The van der Waals surface area contributed by atoms with Crippen LogP contribution in [0.15, 0.2) is 146 Å². The molecule has 0 spiro atoms. The number of hydrogen-bond donors (Lipinski definition) is 2. The molecule has 5 nitrogen and oxygen atoms in total. The summed E-state index contributed by atoms with van der Waals surface area (Å²) < 4.78 is 6.09. The third kappa shape index (κ3) is 3.92. The number of fused-ring (bicyclic) bond motifs is 6. The van der Waals surface area contributed by atoms with Crippen LogP contribution >= 0.6 is 0 Å². The number of hydrogen-bond acceptors (Lipinski definition) is 5. The first kappa shape index (κ1) is 27.1. The lowest BCUT2D eigenvalue weighted by molar-refractivity contribution is -0.308. The number of Topliss-reactive ketones (excluding diaryl/α,β-unsaturated/α-hetero) is 2. The van der Waals surface area contributed by atoms with E-state index in [0.717, 1.165) is 0 Å². The van der Waals surface area contributed by atoms with E-state index in [-0.39, 0.29) is 22.3 Å². The highest BCUT2D eigenvalue weighted by atomic mass is 16.7. The number of aliphatic hydroxyl groups is 2. The Morgan fingerprint density at radius 3 is 0.956 bits per heavy atom. The Kier molecular flexibility index (Phi) is 6.05. The van der Waals surface area contributed by atoms with E-state index >= 15 is 0 Å². The quantitative estimate of drug-likeness (QED) is 0.221. The van der Waals surface area contributed by atoms with Gasteiger partial charge in [-0.05, 0) is 44.5 Å². The highest BCUT2D eigenvalue weighted by Gasteiger charge is 2.65. The van der Waals surface area contributed by atoms with E-state index in [1.807, 2.05) is 121 Å². The maximum atomic E-state index is 15.0. The fourth-order valence-electron chi connectivity index (χ4n) is 6.79. The van der Waals surface area contributed by atoms with E-state index in [2.05, 4.69) is 0 Å². The van der Waals surface area contributed by atoms with Gasteiger partial charge in [0, 0.05) is 22.3 Å². The number of ether oxygens (including phenoxy) is 1. The summed E-state index contributed by atoms with van der Waals surface area (Å²) in [6.45, 7) is 0. The van der Waals surface area contributed by atoms with Crippen LogP contribution in [0.4, 0.5) is 0 Å². The highest BCUT2D eigenvalue weighted by molar-refractivity contribution is 6.20. The average molecular weight is 587 g/mol. The molecule has 0 aromatic heterocycles. The smallest absolute Gasteiger partial charge is 0.263 e. The van der Waals surface area contributed by atoms with E-state index in [1.165, 1.54) is 0 Å². The van der Waals surface area contributed by atoms with Crippen molar-refractivity contribution < 1.29 is 24.5 Å². The Balaban J connectivity index is 1.51. The van der Waals surface area contributed by atoms with Crippen molar-refractivity contribution in [2.45, 2.75) is 11.6 Å². The van der Waals surface area contributed by atoms with Crippen molar-refractivity contribution in [3.63, 3.8) is 0 Å². The van der Waals surface area contributed by atoms with Crippen molar-refractivity contribution in [3.8, 4) is 44.5 Å². The normalized spacial score (nSPS) is 20.0. The summed E-state index contributed by atoms with van der Waals surface area (Å²) in [5, 5.41) is 25.2. The lowest BCUT2D eigenvalue weighted by Crippen LogP contribution is -2.59. The van der Waals surface area contributed by atoms with Gasteiger partial charge in [0.1, 0.15) is 0 Å². The van der Waals surface area contributed by atoms with E-state index in [1.54, 1.807) is 24.3 Å². The molecule has 0 saturated carbocycles. The lowest BCUT2D eigenvalue weighted by Gasteiger charge is -2.48. The predicted octanol–water partition coefficient (Wildman–Crippen LogP) is 7.75. The second kappa shape index (κ2) is 10.0. The van der Waals surface area contributed by atoms with Gasteiger partial charge in [-0.2, -0.15) is 0 Å². The minimum absolute atomic E-state index is 0.0181. The maximum Gasteiger partial charge on any atom is 0.263 e. The molecule has 6 aromatic carbocycles. The van der Waals surface area contributed by atoms with Gasteiger partial charge in [-0.15, -0.1) is 0 Å². The zero-order valence-electron chi connectivity index (χ0n) is 24.0. The van der Waals surface area contributed by atoms with Crippen LogP contribution in [0.2, 0.25) is 0 Å². The molecule has 0 fully saturated rings. The van der Waals surface area contributed by atoms with Crippen molar-refractivity contribution in [3.05, 3.63) is 168 Å². The number of ketones is 2. The van der Waals surface area contributed by atoms with Crippen LogP contribution in [0.5, 0.6) is 0 Å². The Bertz CT molecular complexity index is 1970. The van der Waals surface area contributed by atoms with Crippen LogP contribution < -0.4 is 0 Å². The first-order valence-corrected chi connectivity index (χ1v) is 14.7. The molecule has 0 amide bonds. The van der Waals surface area contributed by atoms with Gasteiger partial charge in [-0.1, -0.05) is 146 Å². The zero-order chi connectivity index (χ0) is 30.8. The molecule has 0 radical (unpaired) electrons. The third-order valence-electron chi connectivity index (χ3n) is 8.79. The summed E-state index contributed by atoms with van der Waals surface area (Å²) in [7, 11) is 0. The first-order chi connectivity index (χ1) is 21.9. The molecule has 0 aliphatic carbocycles. The summed E-state index contributed by atoms with van der Waals surface area (Å²) in [6, 6.07) is 44.2. The Hall–Kier alpha value is -5.46. The molecule has 45 heavy (non-hydrogen) atoms. The maximum absolute atomic E-state index is 15.0. The molecule has 2 aliphatic rings. The van der Waals surface area contributed by atoms with Crippen molar-refractivity contribution in [2.75, 3.05) is 0 Å². The lowest BCUT2D eigenvalue weighted by atomic mass is 9.69. The first-order valence-electron chi connectivity index (χ1n) is 14.7. The molecule has 8 rings (SSSR count). The van der Waals surface area contributed by atoms with Crippen molar-refractivity contribution in [1.29, 1.82) is 0 Å². The molecule has 5 heteroatoms. The molecule has 2 heterocycles. The minimum Gasteiger partial charge on any atom is -0.355 e. The van der Waals surface area contributed by atoms with E-state index in [9.17, 15) is 19.8 Å². The van der Waals surface area contributed by atoms with Gasteiger partial charge in [0.05, 0.1) is 0 Å². The van der Waals surface area contributed by atoms with Gasteiger partial charge in [-0.25, -0.2) is 0 Å². The molecule has 2 bridgehead atoms. The zero-order valence-corrected chi connectivity index (χ0v) is 24.0. The van der Waals surface area contributed by atoms with E-state index in [4.69, 9.17) is 4.74 Å². The van der Waals surface area contributed by atoms with Crippen LogP contribution in [-0.4, -0.2) is 21.8 Å². The molecule has 2 N–H and O–H groups in total.